The number of nitrogens with one attached hydrogen (secondary N) is 1. The molecular weight excluding hydrogens is 200 g/mol. The Kier molecular flexibility index (Phi) is 3.57. The van der Waals surface area contributed by atoms with Gasteiger partial charge in [-0.05, 0) is 12.5 Å². The zero-order valence-electron chi connectivity index (χ0n) is 9.65. The predicted octanol–water partition coefficient (Wildman–Crippen LogP) is 1.40. The molecule has 1 aliphatic rings. The van der Waals surface area contributed by atoms with E-state index in [2.05, 4.69) is 41.4 Å². The summed E-state index contributed by atoms with van der Waals surface area (Å²) < 4.78 is 0. The molecule has 1 atom stereocenters. The molecule has 1 heterocycles. The van der Waals surface area contributed by atoms with E-state index in [1.165, 1.54) is 5.56 Å². The van der Waals surface area contributed by atoms with E-state index < -0.39 is 0 Å². The number of nitrogens with zero attached hydrogens (tertiary/aromatic N) is 1. The lowest BCUT2D eigenvalue weighted by atomic mass is 10.2. The van der Waals surface area contributed by atoms with Crippen molar-refractivity contribution in [1.82, 2.24) is 10.2 Å². The van der Waals surface area contributed by atoms with Crippen LogP contribution in [0.25, 0.3) is 0 Å². The third kappa shape index (κ3) is 3.07. The van der Waals surface area contributed by atoms with Crippen molar-refractivity contribution in [3.63, 3.8) is 0 Å². The summed E-state index contributed by atoms with van der Waals surface area (Å²) in [7, 11) is 0. The van der Waals surface area contributed by atoms with Crippen molar-refractivity contribution in [2.45, 2.75) is 25.9 Å². The molecule has 3 heteroatoms. The molecule has 1 amide bonds. The average Bonchev–Trinajstić information content (AvgIpc) is 2.41. The summed E-state index contributed by atoms with van der Waals surface area (Å²) in [6, 6.07) is 10.6. The summed E-state index contributed by atoms with van der Waals surface area (Å²) in [5.41, 5.74) is 1.31. The van der Waals surface area contributed by atoms with E-state index in [1.54, 1.807) is 0 Å². The molecule has 3 nitrogen and oxygen atoms in total. The number of rotatable bonds is 2. The van der Waals surface area contributed by atoms with Gasteiger partial charge in [-0.25, -0.2) is 0 Å². The lowest BCUT2D eigenvalue weighted by molar-refractivity contribution is -0.121. The van der Waals surface area contributed by atoms with Gasteiger partial charge in [-0.2, -0.15) is 0 Å². The van der Waals surface area contributed by atoms with Crippen LogP contribution in [0.4, 0.5) is 0 Å². The van der Waals surface area contributed by atoms with Gasteiger partial charge < -0.3 is 5.32 Å². The molecule has 16 heavy (non-hydrogen) atoms. The van der Waals surface area contributed by atoms with Gasteiger partial charge >= 0.3 is 0 Å². The Morgan fingerprint density at radius 2 is 2.12 bits per heavy atom. The van der Waals surface area contributed by atoms with E-state index in [0.29, 0.717) is 6.42 Å². The lowest BCUT2D eigenvalue weighted by Crippen LogP contribution is -2.36. The summed E-state index contributed by atoms with van der Waals surface area (Å²) >= 11 is 0. The molecule has 0 bridgehead atoms. The second-order valence-electron chi connectivity index (χ2n) is 4.44. The van der Waals surface area contributed by atoms with Gasteiger partial charge in [0, 0.05) is 32.1 Å². The summed E-state index contributed by atoms with van der Waals surface area (Å²) in [6.07, 6.45) is 0.608. The van der Waals surface area contributed by atoms with Crippen molar-refractivity contribution in [3.05, 3.63) is 35.9 Å². The molecule has 0 aromatic heterocycles. The Labute approximate surface area is 96.5 Å². The van der Waals surface area contributed by atoms with Crippen LogP contribution in [0.1, 0.15) is 18.9 Å². The minimum Gasteiger partial charge on any atom is -0.352 e. The molecule has 0 spiro atoms. The fraction of sp³-hybridized carbons (Fsp3) is 0.462. The van der Waals surface area contributed by atoms with Crippen molar-refractivity contribution < 1.29 is 4.79 Å². The highest BCUT2D eigenvalue weighted by Crippen LogP contribution is 2.08. The number of hydrogen-bond acceptors (Lipinski definition) is 2. The summed E-state index contributed by atoms with van der Waals surface area (Å²) in [4.78, 5) is 13.7. The zero-order chi connectivity index (χ0) is 11.4. The largest absolute Gasteiger partial charge is 0.352 e. The van der Waals surface area contributed by atoms with Crippen molar-refractivity contribution >= 4 is 5.91 Å². The number of amides is 1. The maximum absolute atomic E-state index is 11.4. The molecule has 1 fully saturated rings. The number of benzene rings is 1. The van der Waals surface area contributed by atoms with E-state index in [9.17, 15) is 4.79 Å². The van der Waals surface area contributed by atoms with Gasteiger partial charge in [0.25, 0.3) is 0 Å². The van der Waals surface area contributed by atoms with Crippen molar-refractivity contribution in [2.75, 3.05) is 13.1 Å². The monoisotopic (exact) mass is 218 g/mol. The second kappa shape index (κ2) is 5.12. The third-order valence-corrected chi connectivity index (χ3v) is 2.84. The van der Waals surface area contributed by atoms with Crippen molar-refractivity contribution in [1.29, 1.82) is 0 Å². The van der Waals surface area contributed by atoms with Crippen LogP contribution in [-0.4, -0.2) is 29.9 Å². The van der Waals surface area contributed by atoms with Crippen LogP contribution in [0, 0.1) is 0 Å². The molecule has 1 aliphatic heterocycles. The van der Waals surface area contributed by atoms with Crippen LogP contribution in [-0.2, 0) is 11.3 Å². The first-order valence-electron chi connectivity index (χ1n) is 5.79. The van der Waals surface area contributed by atoms with Crippen molar-refractivity contribution in [2.24, 2.45) is 0 Å². The molecule has 0 unspecified atom stereocenters. The molecule has 0 radical (unpaired) electrons. The van der Waals surface area contributed by atoms with Gasteiger partial charge in [-0.15, -0.1) is 0 Å². The summed E-state index contributed by atoms with van der Waals surface area (Å²) in [5.74, 6) is 0.170. The van der Waals surface area contributed by atoms with Gasteiger partial charge in [-0.3, -0.25) is 9.69 Å². The molecule has 1 aromatic carbocycles. The van der Waals surface area contributed by atoms with Gasteiger partial charge in [0.2, 0.25) is 5.91 Å². The van der Waals surface area contributed by atoms with Crippen LogP contribution in [0.5, 0.6) is 0 Å². The molecule has 2 rings (SSSR count). The minimum absolute atomic E-state index is 0.170. The van der Waals surface area contributed by atoms with Crippen LogP contribution in [0.15, 0.2) is 30.3 Å². The molecule has 1 saturated heterocycles. The first kappa shape index (κ1) is 11.1. The van der Waals surface area contributed by atoms with E-state index in [4.69, 9.17) is 0 Å². The fourth-order valence-electron chi connectivity index (χ4n) is 2.12. The smallest absolute Gasteiger partial charge is 0.221 e. The first-order valence-corrected chi connectivity index (χ1v) is 5.79. The van der Waals surface area contributed by atoms with E-state index in [-0.39, 0.29) is 11.9 Å². The maximum Gasteiger partial charge on any atom is 0.221 e. The highest BCUT2D eigenvalue weighted by molar-refractivity contribution is 5.76. The molecule has 86 valence electrons. The van der Waals surface area contributed by atoms with E-state index in [1.807, 2.05) is 6.07 Å². The van der Waals surface area contributed by atoms with Crippen LogP contribution in [0.2, 0.25) is 0 Å². The summed E-state index contributed by atoms with van der Waals surface area (Å²) in [6.45, 7) is 4.77. The SMILES string of the molecule is C[C@@H]1CN(Cc2ccccc2)CCC(=O)N1. The van der Waals surface area contributed by atoms with E-state index in [0.717, 1.165) is 19.6 Å². The minimum atomic E-state index is 0.170. The van der Waals surface area contributed by atoms with Crippen molar-refractivity contribution in [3.8, 4) is 0 Å². The molecule has 1 N–H and O–H groups in total. The number of carbonyl (C=O) groups is 1. The molecular formula is C13H18N2O. The Bertz CT molecular complexity index is 350. The Hall–Kier alpha value is -1.35. The molecule has 0 saturated carbocycles. The average molecular weight is 218 g/mol. The second-order valence-corrected chi connectivity index (χ2v) is 4.44. The number of carbonyl (C=O) groups excluding carboxylic acids is 1. The zero-order valence-corrected chi connectivity index (χ0v) is 9.65. The van der Waals surface area contributed by atoms with E-state index >= 15 is 0 Å². The van der Waals surface area contributed by atoms with Gasteiger partial charge in [0.05, 0.1) is 0 Å². The van der Waals surface area contributed by atoms with Crippen LogP contribution >= 0.6 is 0 Å². The Morgan fingerprint density at radius 3 is 2.88 bits per heavy atom. The Morgan fingerprint density at radius 1 is 1.38 bits per heavy atom. The normalized spacial score (nSPS) is 22.6. The summed E-state index contributed by atoms with van der Waals surface area (Å²) in [5, 5.41) is 2.98. The maximum atomic E-state index is 11.4. The van der Waals surface area contributed by atoms with Gasteiger partial charge in [-0.1, -0.05) is 30.3 Å². The fourth-order valence-corrected chi connectivity index (χ4v) is 2.12. The standard InChI is InChI=1S/C13H18N2O/c1-11-9-15(8-7-13(16)14-11)10-12-5-3-2-4-6-12/h2-6,11H,7-10H2,1H3,(H,14,16)/t11-/m1/s1. The van der Waals surface area contributed by atoms with Gasteiger partial charge in [0.1, 0.15) is 0 Å². The first-order chi connectivity index (χ1) is 7.74. The van der Waals surface area contributed by atoms with Gasteiger partial charge in [0.15, 0.2) is 0 Å². The number of hydrogen-bond donors (Lipinski definition) is 1. The van der Waals surface area contributed by atoms with Crippen LogP contribution < -0.4 is 5.32 Å². The predicted molar refractivity (Wildman–Crippen MR) is 63.9 cm³/mol. The van der Waals surface area contributed by atoms with Crippen LogP contribution in [0.3, 0.4) is 0 Å². The topological polar surface area (TPSA) is 32.3 Å². The molecule has 0 aliphatic carbocycles. The Balaban J connectivity index is 1.97. The molecule has 1 aromatic rings. The third-order valence-electron chi connectivity index (χ3n) is 2.84. The highest BCUT2D eigenvalue weighted by atomic mass is 16.1. The highest BCUT2D eigenvalue weighted by Gasteiger charge is 2.18. The quantitative estimate of drug-likeness (QED) is 0.813. The lowest BCUT2D eigenvalue weighted by Gasteiger charge is -2.21.